The maximum Gasteiger partial charge on any atom is 0.336 e. The number of carbonyl (C=O) groups excluding carboxylic acids is 1. The van der Waals surface area contributed by atoms with E-state index in [-0.39, 0.29) is 11.3 Å². The highest BCUT2D eigenvalue weighted by atomic mass is 16.6. The number of rotatable bonds is 2. The van der Waals surface area contributed by atoms with E-state index in [0.29, 0.717) is 17.6 Å². The minimum atomic E-state index is -1.06. The predicted octanol–water partition coefficient (Wildman–Crippen LogP) is 1.79. The van der Waals surface area contributed by atoms with Crippen LogP contribution in [0.3, 0.4) is 0 Å². The first kappa shape index (κ1) is 14.6. The van der Waals surface area contributed by atoms with Crippen molar-refractivity contribution in [3.05, 3.63) is 34.2 Å². The standard InChI is InChI=1S/C16H16O6/c1-8(17)20-15-13-9(4-5-12(18)22-13)6-10-7-11(16(2,3)19)21-14(10)15/h4-6,11,19H,7H2,1-3H3. The number of benzene rings is 1. The van der Waals surface area contributed by atoms with E-state index < -0.39 is 23.3 Å². The van der Waals surface area contributed by atoms with Gasteiger partial charge in [-0.05, 0) is 26.0 Å². The van der Waals surface area contributed by atoms with Crippen molar-refractivity contribution in [1.82, 2.24) is 0 Å². The van der Waals surface area contributed by atoms with Gasteiger partial charge in [0.25, 0.3) is 0 Å². The van der Waals surface area contributed by atoms with Crippen molar-refractivity contribution in [1.29, 1.82) is 0 Å². The van der Waals surface area contributed by atoms with Gasteiger partial charge in [-0.15, -0.1) is 0 Å². The zero-order chi connectivity index (χ0) is 16.1. The smallest absolute Gasteiger partial charge is 0.336 e. The summed E-state index contributed by atoms with van der Waals surface area (Å²) in [6.45, 7) is 4.55. The van der Waals surface area contributed by atoms with Gasteiger partial charge in [0.05, 0.1) is 5.60 Å². The maximum absolute atomic E-state index is 11.5. The number of hydrogen-bond donors (Lipinski definition) is 1. The molecule has 2 heterocycles. The zero-order valence-electron chi connectivity index (χ0n) is 12.5. The molecule has 0 saturated heterocycles. The minimum Gasteiger partial charge on any atom is -0.483 e. The third kappa shape index (κ3) is 2.46. The van der Waals surface area contributed by atoms with Crippen LogP contribution in [0.4, 0.5) is 0 Å². The fraction of sp³-hybridized carbons (Fsp3) is 0.375. The predicted molar refractivity (Wildman–Crippen MR) is 78.2 cm³/mol. The van der Waals surface area contributed by atoms with Crippen LogP contribution in [0.15, 0.2) is 27.4 Å². The van der Waals surface area contributed by atoms with Gasteiger partial charge in [-0.25, -0.2) is 4.79 Å². The van der Waals surface area contributed by atoms with Crippen LogP contribution in [0.25, 0.3) is 11.0 Å². The Morgan fingerprint density at radius 1 is 1.41 bits per heavy atom. The number of ether oxygens (including phenoxy) is 2. The van der Waals surface area contributed by atoms with Crippen molar-refractivity contribution in [3.8, 4) is 11.5 Å². The highest BCUT2D eigenvalue weighted by molar-refractivity contribution is 5.89. The first-order chi connectivity index (χ1) is 10.3. The van der Waals surface area contributed by atoms with Crippen molar-refractivity contribution in [2.45, 2.75) is 38.9 Å². The Balaban J connectivity index is 2.22. The van der Waals surface area contributed by atoms with E-state index in [2.05, 4.69) is 0 Å². The molecule has 0 fully saturated rings. The molecule has 2 aromatic rings. The summed E-state index contributed by atoms with van der Waals surface area (Å²) in [4.78, 5) is 22.8. The summed E-state index contributed by atoms with van der Waals surface area (Å²) < 4.78 is 16.1. The summed E-state index contributed by atoms with van der Waals surface area (Å²) in [7, 11) is 0. The lowest BCUT2D eigenvalue weighted by Crippen LogP contribution is -2.39. The molecule has 6 nitrogen and oxygen atoms in total. The molecule has 0 spiro atoms. The Bertz CT molecular complexity index is 812. The van der Waals surface area contributed by atoms with Gasteiger partial charge in [-0.2, -0.15) is 0 Å². The van der Waals surface area contributed by atoms with Crippen LogP contribution in [0.5, 0.6) is 11.5 Å². The quantitative estimate of drug-likeness (QED) is 0.517. The molecule has 1 aromatic heterocycles. The van der Waals surface area contributed by atoms with Crippen LogP contribution >= 0.6 is 0 Å². The lowest BCUT2D eigenvalue weighted by Gasteiger charge is -2.24. The molecule has 6 heteroatoms. The van der Waals surface area contributed by atoms with Gasteiger partial charge in [-0.1, -0.05) is 0 Å². The fourth-order valence-corrected chi connectivity index (χ4v) is 2.52. The van der Waals surface area contributed by atoms with Crippen LogP contribution in [-0.4, -0.2) is 22.8 Å². The van der Waals surface area contributed by atoms with Crippen LogP contribution in [0, 0.1) is 0 Å². The lowest BCUT2D eigenvalue weighted by atomic mass is 9.97. The molecule has 0 saturated carbocycles. The Kier molecular flexibility index (Phi) is 3.21. The third-order valence-corrected chi connectivity index (χ3v) is 3.60. The molecule has 0 bridgehead atoms. The fourth-order valence-electron chi connectivity index (χ4n) is 2.52. The molecule has 0 radical (unpaired) electrons. The monoisotopic (exact) mass is 304 g/mol. The van der Waals surface area contributed by atoms with E-state index in [1.807, 2.05) is 6.07 Å². The largest absolute Gasteiger partial charge is 0.483 e. The molecule has 116 valence electrons. The van der Waals surface area contributed by atoms with Gasteiger partial charge in [0.1, 0.15) is 6.10 Å². The first-order valence-electron chi connectivity index (χ1n) is 6.93. The van der Waals surface area contributed by atoms with E-state index in [1.54, 1.807) is 19.9 Å². The summed E-state index contributed by atoms with van der Waals surface area (Å²) in [5.74, 6) is -0.120. The highest BCUT2D eigenvalue weighted by Crippen LogP contribution is 2.45. The van der Waals surface area contributed by atoms with Gasteiger partial charge in [0, 0.05) is 30.4 Å². The number of fused-ring (bicyclic) bond motifs is 2. The summed E-state index contributed by atoms with van der Waals surface area (Å²) >= 11 is 0. The number of hydrogen-bond acceptors (Lipinski definition) is 6. The zero-order valence-corrected chi connectivity index (χ0v) is 12.5. The molecule has 1 N–H and O–H groups in total. The molecule has 1 aliphatic heterocycles. The third-order valence-electron chi connectivity index (χ3n) is 3.60. The number of carbonyl (C=O) groups is 1. The molecule has 1 unspecified atom stereocenters. The second kappa shape index (κ2) is 4.84. The molecule has 1 aromatic carbocycles. The van der Waals surface area contributed by atoms with E-state index in [0.717, 1.165) is 5.56 Å². The molecule has 1 aliphatic rings. The second-order valence-electron chi connectivity index (χ2n) is 5.92. The number of esters is 1. The molecule has 0 aliphatic carbocycles. The van der Waals surface area contributed by atoms with E-state index in [1.165, 1.54) is 13.0 Å². The van der Waals surface area contributed by atoms with Crippen LogP contribution in [-0.2, 0) is 11.2 Å². The SMILES string of the molecule is CC(=O)Oc1c2c(cc3ccc(=O)oc13)CC(C(C)(C)O)O2. The molecule has 0 amide bonds. The average molecular weight is 304 g/mol. The van der Waals surface area contributed by atoms with Crippen molar-refractivity contribution >= 4 is 16.9 Å². The Hall–Kier alpha value is -2.34. The Morgan fingerprint density at radius 3 is 2.77 bits per heavy atom. The lowest BCUT2D eigenvalue weighted by molar-refractivity contribution is -0.132. The van der Waals surface area contributed by atoms with Crippen molar-refractivity contribution in [2.24, 2.45) is 0 Å². The normalized spacial score (nSPS) is 17.2. The van der Waals surface area contributed by atoms with E-state index >= 15 is 0 Å². The van der Waals surface area contributed by atoms with Crippen molar-refractivity contribution in [3.63, 3.8) is 0 Å². The summed E-state index contributed by atoms with van der Waals surface area (Å²) in [6.07, 6.45) is 0.00246. The molecule has 1 atom stereocenters. The Labute approximate surface area is 126 Å². The Morgan fingerprint density at radius 2 is 2.14 bits per heavy atom. The molecular formula is C16H16O6. The summed E-state index contributed by atoms with van der Waals surface area (Å²) in [6, 6.07) is 4.72. The highest BCUT2D eigenvalue weighted by Gasteiger charge is 2.37. The van der Waals surface area contributed by atoms with Crippen LogP contribution < -0.4 is 15.1 Å². The van der Waals surface area contributed by atoms with Crippen molar-refractivity contribution in [2.75, 3.05) is 0 Å². The summed E-state index contributed by atoms with van der Waals surface area (Å²) in [5, 5.41) is 10.8. The van der Waals surface area contributed by atoms with Crippen LogP contribution in [0.2, 0.25) is 0 Å². The van der Waals surface area contributed by atoms with Crippen LogP contribution in [0.1, 0.15) is 26.3 Å². The molecule has 3 rings (SSSR count). The van der Waals surface area contributed by atoms with E-state index in [9.17, 15) is 14.7 Å². The van der Waals surface area contributed by atoms with Gasteiger partial charge >= 0.3 is 11.6 Å². The maximum atomic E-state index is 11.5. The number of aliphatic hydroxyl groups is 1. The second-order valence-corrected chi connectivity index (χ2v) is 5.92. The average Bonchev–Trinajstić information content (AvgIpc) is 2.82. The minimum absolute atomic E-state index is 0.0875. The summed E-state index contributed by atoms with van der Waals surface area (Å²) in [5.41, 5.74) is -0.639. The molecular weight excluding hydrogens is 288 g/mol. The van der Waals surface area contributed by atoms with Gasteiger partial charge < -0.3 is 19.0 Å². The van der Waals surface area contributed by atoms with Gasteiger partial charge in [0.2, 0.25) is 5.75 Å². The van der Waals surface area contributed by atoms with Gasteiger partial charge in [-0.3, -0.25) is 4.79 Å². The van der Waals surface area contributed by atoms with Crippen molar-refractivity contribution < 1.29 is 23.8 Å². The first-order valence-corrected chi connectivity index (χ1v) is 6.93. The molecule has 22 heavy (non-hydrogen) atoms. The van der Waals surface area contributed by atoms with E-state index in [4.69, 9.17) is 13.9 Å². The van der Waals surface area contributed by atoms with Gasteiger partial charge in [0.15, 0.2) is 11.3 Å². The topological polar surface area (TPSA) is 86.0 Å².